The Kier molecular flexibility index (Phi) is 4.89. The molecule has 0 amide bonds. The van der Waals surface area contributed by atoms with Gasteiger partial charge in [-0.3, -0.25) is 0 Å². The van der Waals surface area contributed by atoms with Gasteiger partial charge in [-0.15, -0.1) is 0 Å². The van der Waals surface area contributed by atoms with Gasteiger partial charge in [0.1, 0.15) is 0 Å². The molecule has 0 spiro atoms. The molecule has 0 saturated heterocycles. The van der Waals surface area contributed by atoms with Gasteiger partial charge in [-0.25, -0.2) is 0 Å². The van der Waals surface area contributed by atoms with Gasteiger partial charge in [-0.2, -0.15) is 0 Å². The zero-order valence-corrected chi connectivity index (χ0v) is 17.9. The number of fused-ring (bicyclic) bond motifs is 1. The van der Waals surface area contributed by atoms with E-state index in [0.29, 0.717) is 0 Å². The van der Waals surface area contributed by atoms with Gasteiger partial charge < -0.3 is 0 Å². The zero-order chi connectivity index (χ0) is 18.6. The fourth-order valence-electron chi connectivity index (χ4n) is 5.51. The molecule has 2 fully saturated rings. The van der Waals surface area contributed by atoms with Gasteiger partial charge in [0.05, 0.1) is 0 Å². The fraction of sp³-hybridized carbons (Fsp3) is 0.760. The van der Waals surface area contributed by atoms with Crippen molar-refractivity contribution in [2.75, 3.05) is 0 Å². The minimum atomic E-state index is 0.223. The van der Waals surface area contributed by atoms with E-state index in [9.17, 15) is 0 Å². The third kappa shape index (κ3) is 3.83. The summed E-state index contributed by atoms with van der Waals surface area (Å²) in [6, 6.07) is 7.61. The first-order valence-corrected chi connectivity index (χ1v) is 10.6. The van der Waals surface area contributed by atoms with Crippen molar-refractivity contribution >= 4 is 0 Å². The summed E-state index contributed by atoms with van der Waals surface area (Å²) in [6.45, 7) is 19.2. The second-order valence-electron chi connectivity index (χ2n) is 11.4. The van der Waals surface area contributed by atoms with Crippen LogP contribution in [-0.4, -0.2) is 0 Å². The molecule has 0 radical (unpaired) electrons. The molecule has 2 aliphatic carbocycles. The average molecular weight is 341 g/mol. The molecule has 1 aromatic rings. The van der Waals surface area contributed by atoms with Crippen molar-refractivity contribution in [2.45, 2.75) is 97.8 Å². The molecule has 1 aromatic carbocycles. The van der Waals surface area contributed by atoms with Crippen LogP contribution in [0.1, 0.15) is 104 Å². The van der Waals surface area contributed by atoms with Gasteiger partial charge >= 0.3 is 0 Å². The number of hydrogen-bond acceptors (Lipinski definition) is 0. The summed E-state index contributed by atoms with van der Waals surface area (Å²) in [5.41, 5.74) is 5.14. The molecule has 140 valence electrons. The van der Waals surface area contributed by atoms with E-state index >= 15 is 0 Å². The van der Waals surface area contributed by atoms with Crippen LogP contribution in [0.3, 0.4) is 0 Å². The standard InChI is InChI=1S/C25H40/c1-16-11-22-17(2)9-10-21(23(22)12-16)18-13-19(24(3,4)5)15-20(14-18)25(6,7)8/h13-17,21-23H,9-12H2,1-8H3. The van der Waals surface area contributed by atoms with Crippen LogP contribution >= 0.6 is 0 Å². The average Bonchev–Trinajstić information content (AvgIpc) is 2.88. The molecular weight excluding hydrogens is 300 g/mol. The Hall–Kier alpha value is -0.780. The molecule has 2 aliphatic rings. The van der Waals surface area contributed by atoms with Gasteiger partial charge in [0.15, 0.2) is 0 Å². The molecule has 0 nitrogen and oxygen atoms in total. The molecule has 0 N–H and O–H groups in total. The Bertz CT molecular complexity index is 578. The molecule has 0 bridgehead atoms. The SMILES string of the molecule is CC1CC2C(C)CCC(c3cc(C(C)(C)C)cc(C(C)(C)C)c3)C2C1. The molecule has 0 heteroatoms. The molecule has 5 unspecified atom stereocenters. The Labute approximate surface area is 156 Å². The highest BCUT2D eigenvalue weighted by molar-refractivity contribution is 5.39. The lowest BCUT2D eigenvalue weighted by atomic mass is 9.65. The van der Waals surface area contributed by atoms with Crippen molar-refractivity contribution in [3.63, 3.8) is 0 Å². The number of benzene rings is 1. The lowest BCUT2D eigenvalue weighted by Crippen LogP contribution is -2.29. The number of hydrogen-bond donors (Lipinski definition) is 0. The zero-order valence-electron chi connectivity index (χ0n) is 17.9. The molecule has 0 aromatic heterocycles. The molecule has 3 rings (SSSR count). The minimum absolute atomic E-state index is 0.223. The van der Waals surface area contributed by atoms with Crippen LogP contribution in [0.15, 0.2) is 18.2 Å². The van der Waals surface area contributed by atoms with Crippen molar-refractivity contribution in [3.8, 4) is 0 Å². The van der Waals surface area contributed by atoms with E-state index < -0.39 is 0 Å². The van der Waals surface area contributed by atoms with Crippen LogP contribution in [0.2, 0.25) is 0 Å². The highest BCUT2D eigenvalue weighted by Crippen LogP contribution is 2.54. The van der Waals surface area contributed by atoms with Crippen LogP contribution in [0.4, 0.5) is 0 Å². The Morgan fingerprint density at radius 2 is 1.24 bits per heavy atom. The summed E-state index contributed by atoms with van der Waals surface area (Å²) in [7, 11) is 0. The first kappa shape index (κ1) is 19.0. The first-order chi connectivity index (χ1) is 11.5. The largest absolute Gasteiger partial charge is 0.0625 e. The number of rotatable bonds is 1. The maximum absolute atomic E-state index is 2.57. The topological polar surface area (TPSA) is 0 Å². The molecular formula is C25H40. The van der Waals surface area contributed by atoms with Crippen molar-refractivity contribution < 1.29 is 0 Å². The smallest absolute Gasteiger partial charge is 0.0130 e. The Balaban J connectivity index is 2.04. The summed E-state index contributed by atoms with van der Waals surface area (Å²) >= 11 is 0. The van der Waals surface area contributed by atoms with E-state index in [-0.39, 0.29) is 10.8 Å². The summed E-state index contributed by atoms with van der Waals surface area (Å²) in [5, 5.41) is 0. The predicted octanol–water partition coefficient (Wildman–Crippen LogP) is 7.46. The lowest BCUT2D eigenvalue weighted by molar-refractivity contribution is 0.168. The van der Waals surface area contributed by atoms with Crippen LogP contribution in [0, 0.1) is 23.7 Å². The van der Waals surface area contributed by atoms with E-state index in [0.717, 1.165) is 29.6 Å². The third-order valence-corrected chi connectivity index (χ3v) is 7.20. The molecule has 0 aliphatic heterocycles. The van der Waals surface area contributed by atoms with Crippen molar-refractivity contribution in [1.82, 2.24) is 0 Å². The molecule has 0 heterocycles. The molecule has 2 saturated carbocycles. The predicted molar refractivity (Wildman–Crippen MR) is 110 cm³/mol. The minimum Gasteiger partial charge on any atom is -0.0625 e. The maximum atomic E-state index is 2.57. The summed E-state index contributed by atoms with van der Waals surface area (Å²) in [6.07, 6.45) is 5.73. The van der Waals surface area contributed by atoms with Crippen LogP contribution in [0.5, 0.6) is 0 Å². The van der Waals surface area contributed by atoms with Crippen molar-refractivity contribution in [3.05, 3.63) is 34.9 Å². The summed E-state index contributed by atoms with van der Waals surface area (Å²) in [5.74, 6) is 4.52. The van der Waals surface area contributed by atoms with Crippen LogP contribution < -0.4 is 0 Å². The third-order valence-electron chi connectivity index (χ3n) is 7.20. The van der Waals surface area contributed by atoms with Gasteiger partial charge in [-0.1, -0.05) is 73.6 Å². The van der Waals surface area contributed by atoms with Gasteiger partial charge in [0.2, 0.25) is 0 Å². The van der Waals surface area contributed by atoms with Crippen LogP contribution in [-0.2, 0) is 10.8 Å². The maximum Gasteiger partial charge on any atom is -0.0130 e. The van der Waals surface area contributed by atoms with Crippen molar-refractivity contribution in [1.29, 1.82) is 0 Å². The summed E-state index contributed by atoms with van der Waals surface area (Å²) in [4.78, 5) is 0. The highest BCUT2D eigenvalue weighted by atomic mass is 14.5. The highest BCUT2D eigenvalue weighted by Gasteiger charge is 2.43. The quantitative estimate of drug-likeness (QED) is 0.497. The normalized spacial score (nSPS) is 33.4. The van der Waals surface area contributed by atoms with Gasteiger partial charge in [0.25, 0.3) is 0 Å². The second kappa shape index (κ2) is 6.43. The lowest BCUT2D eigenvalue weighted by Gasteiger charge is -2.39. The van der Waals surface area contributed by atoms with E-state index in [4.69, 9.17) is 0 Å². The molecule has 5 atom stereocenters. The van der Waals surface area contributed by atoms with E-state index in [1.165, 1.54) is 36.8 Å². The molecule has 25 heavy (non-hydrogen) atoms. The van der Waals surface area contributed by atoms with E-state index in [1.807, 2.05) is 0 Å². The second-order valence-corrected chi connectivity index (χ2v) is 11.4. The van der Waals surface area contributed by atoms with Crippen molar-refractivity contribution in [2.24, 2.45) is 23.7 Å². The Morgan fingerprint density at radius 1 is 0.720 bits per heavy atom. The van der Waals surface area contributed by atoms with Crippen LogP contribution in [0.25, 0.3) is 0 Å². The van der Waals surface area contributed by atoms with Gasteiger partial charge in [-0.05, 0) is 82.8 Å². The summed E-state index contributed by atoms with van der Waals surface area (Å²) < 4.78 is 0. The van der Waals surface area contributed by atoms with Gasteiger partial charge in [0, 0.05) is 0 Å². The fourth-order valence-corrected chi connectivity index (χ4v) is 5.51. The monoisotopic (exact) mass is 340 g/mol. The van der Waals surface area contributed by atoms with E-state index in [2.05, 4.69) is 73.6 Å². The van der Waals surface area contributed by atoms with E-state index in [1.54, 1.807) is 5.56 Å². The first-order valence-electron chi connectivity index (χ1n) is 10.6. The Morgan fingerprint density at radius 3 is 1.76 bits per heavy atom.